The van der Waals surface area contributed by atoms with Crippen LogP contribution in [0.5, 0.6) is 0 Å². The second-order valence-corrected chi connectivity index (χ2v) is 6.74. The van der Waals surface area contributed by atoms with Crippen molar-refractivity contribution in [3.63, 3.8) is 0 Å². The Morgan fingerprint density at radius 3 is 3.00 bits per heavy atom. The number of allylic oxidation sites excluding steroid dienone is 2. The fourth-order valence-electron chi connectivity index (χ4n) is 4.68. The molecule has 2 saturated carbocycles. The van der Waals surface area contributed by atoms with Crippen LogP contribution in [0.15, 0.2) is 24.8 Å². The molecule has 0 heterocycles. The van der Waals surface area contributed by atoms with Gasteiger partial charge in [-0.3, -0.25) is 0 Å². The number of fused-ring (bicyclic) bond motifs is 5. The molecule has 0 aromatic heterocycles. The lowest BCUT2D eigenvalue weighted by Gasteiger charge is -2.38. The molecule has 20 heavy (non-hydrogen) atoms. The molecule has 0 aliphatic heterocycles. The summed E-state index contributed by atoms with van der Waals surface area (Å²) < 4.78 is 11.1. The molecule has 5 unspecified atom stereocenters. The Kier molecular flexibility index (Phi) is 3.72. The standard InChI is InChI=1S/C17H24O3/c1-3-16(18)19-7-8-20-17(2)10-12-9-13(11-17)15-6-4-5-14(12)15/h3-5,12-15H,1,6-11H2,2H3. The van der Waals surface area contributed by atoms with E-state index >= 15 is 0 Å². The van der Waals surface area contributed by atoms with E-state index in [9.17, 15) is 4.79 Å². The average Bonchev–Trinajstić information content (AvgIpc) is 2.99. The van der Waals surface area contributed by atoms with Crippen LogP contribution in [0.2, 0.25) is 0 Å². The molecule has 0 saturated heterocycles. The Hall–Kier alpha value is -1.09. The van der Waals surface area contributed by atoms with Crippen LogP contribution >= 0.6 is 0 Å². The van der Waals surface area contributed by atoms with Gasteiger partial charge in [0.05, 0.1) is 12.2 Å². The van der Waals surface area contributed by atoms with E-state index in [-0.39, 0.29) is 11.6 Å². The average molecular weight is 276 g/mol. The van der Waals surface area contributed by atoms with E-state index < -0.39 is 0 Å². The topological polar surface area (TPSA) is 35.5 Å². The van der Waals surface area contributed by atoms with Crippen molar-refractivity contribution < 1.29 is 14.3 Å². The lowest BCUT2D eigenvalue weighted by molar-refractivity contribution is -0.143. The predicted octanol–water partition coefficient (Wildman–Crippen LogP) is 3.11. The summed E-state index contributed by atoms with van der Waals surface area (Å²) in [5.74, 6) is 2.89. The van der Waals surface area contributed by atoms with Crippen LogP contribution in [-0.4, -0.2) is 24.8 Å². The zero-order valence-electron chi connectivity index (χ0n) is 12.2. The molecule has 0 radical (unpaired) electrons. The van der Waals surface area contributed by atoms with Crippen molar-refractivity contribution in [3.05, 3.63) is 24.8 Å². The molecule has 3 nitrogen and oxygen atoms in total. The first-order chi connectivity index (χ1) is 9.61. The Labute approximate surface area is 121 Å². The van der Waals surface area contributed by atoms with E-state index in [0.717, 1.165) is 36.5 Å². The van der Waals surface area contributed by atoms with Crippen molar-refractivity contribution in [1.29, 1.82) is 0 Å². The van der Waals surface area contributed by atoms with E-state index in [2.05, 4.69) is 25.7 Å². The fraction of sp³-hybridized carbons (Fsp3) is 0.706. The van der Waals surface area contributed by atoms with Crippen molar-refractivity contribution in [3.8, 4) is 0 Å². The summed E-state index contributed by atoms with van der Waals surface area (Å²) >= 11 is 0. The second kappa shape index (κ2) is 5.36. The quantitative estimate of drug-likeness (QED) is 0.335. The van der Waals surface area contributed by atoms with Gasteiger partial charge in [0.1, 0.15) is 6.61 Å². The van der Waals surface area contributed by atoms with Crippen molar-refractivity contribution in [2.45, 2.75) is 38.2 Å². The summed E-state index contributed by atoms with van der Waals surface area (Å²) in [5.41, 5.74) is -0.0354. The third kappa shape index (κ3) is 2.56. The van der Waals surface area contributed by atoms with Crippen molar-refractivity contribution in [2.75, 3.05) is 13.2 Å². The van der Waals surface area contributed by atoms with Gasteiger partial charge >= 0.3 is 5.97 Å². The van der Waals surface area contributed by atoms with E-state index in [4.69, 9.17) is 9.47 Å². The molecular formula is C17H24O3. The maximum Gasteiger partial charge on any atom is 0.330 e. The first-order valence-electron chi connectivity index (χ1n) is 7.71. The Morgan fingerprint density at radius 1 is 1.40 bits per heavy atom. The highest BCUT2D eigenvalue weighted by molar-refractivity contribution is 5.81. The fourth-order valence-corrected chi connectivity index (χ4v) is 4.68. The van der Waals surface area contributed by atoms with Crippen LogP contribution in [0.1, 0.15) is 32.6 Å². The third-order valence-electron chi connectivity index (χ3n) is 5.35. The first-order valence-corrected chi connectivity index (χ1v) is 7.71. The van der Waals surface area contributed by atoms with Gasteiger partial charge in [0.15, 0.2) is 0 Å². The Balaban J connectivity index is 1.51. The van der Waals surface area contributed by atoms with Gasteiger partial charge in [-0.05, 0) is 56.3 Å². The molecule has 2 bridgehead atoms. The van der Waals surface area contributed by atoms with Crippen LogP contribution in [0.25, 0.3) is 0 Å². The molecule has 0 amide bonds. The summed E-state index contributed by atoms with van der Waals surface area (Å²) in [7, 11) is 0. The largest absolute Gasteiger partial charge is 0.460 e. The molecule has 0 aromatic carbocycles. The van der Waals surface area contributed by atoms with Gasteiger partial charge in [0, 0.05) is 6.08 Å². The van der Waals surface area contributed by atoms with E-state index in [1.54, 1.807) is 0 Å². The summed E-state index contributed by atoms with van der Waals surface area (Å²) in [6.45, 7) is 6.42. The minimum atomic E-state index is -0.373. The number of ether oxygens (including phenoxy) is 2. The lowest BCUT2D eigenvalue weighted by atomic mass is 9.76. The van der Waals surface area contributed by atoms with Crippen molar-refractivity contribution in [1.82, 2.24) is 0 Å². The molecule has 110 valence electrons. The number of rotatable bonds is 5. The Bertz CT molecular complexity index is 428. The van der Waals surface area contributed by atoms with Gasteiger partial charge in [-0.25, -0.2) is 4.79 Å². The zero-order valence-corrected chi connectivity index (χ0v) is 12.2. The van der Waals surface area contributed by atoms with Gasteiger partial charge in [-0.2, -0.15) is 0 Å². The van der Waals surface area contributed by atoms with E-state index in [1.165, 1.54) is 18.9 Å². The van der Waals surface area contributed by atoms with Crippen LogP contribution in [0, 0.1) is 23.7 Å². The monoisotopic (exact) mass is 276 g/mol. The minimum absolute atomic E-state index is 0.0354. The smallest absolute Gasteiger partial charge is 0.330 e. The van der Waals surface area contributed by atoms with Gasteiger partial charge in [-0.1, -0.05) is 18.7 Å². The number of hydrogen-bond donors (Lipinski definition) is 0. The number of hydrogen-bond acceptors (Lipinski definition) is 3. The van der Waals surface area contributed by atoms with Gasteiger partial charge in [0.2, 0.25) is 0 Å². The predicted molar refractivity (Wildman–Crippen MR) is 77.1 cm³/mol. The van der Waals surface area contributed by atoms with Gasteiger partial charge in [0.25, 0.3) is 0 Å². The molecule has 2 fully saturated rings. The molecule has 0 aromatic rings. The van der Waals surface area contributed by atoms with E-state index in [0.29, 0.717) is 13.2 Å². The highest BCUT2D eigenvalue weighted by atomic mass is 16.6. The van der Waals surface area contributed by atoms with Crippen LogP contribution in [0.3, 0.4) is 0 Å². The van der Waals surface area contributed by atoms with Crippen LogP contribution in [-0.2, 0) is 14.3 Å². The third-order valence-corrected chi connectivity index (χ3v) is 5.35. The van der Waals surface area contributed by atoms with Gasteiger partial charge < -0.3 is 9.47 Å². The molecule has 0 N–H and O–H groups in total. The summed E-state index contributed by atoms with van der Waals surface area (Å²) in [6.07, 6.45) is 10.9. The molecule has 3 rings (SSSR count). The molecule has 3 aliphatic rings. The lowest BCUT2D eigenvalue weighted by Crippen LogP contribution is -2.37. The maximum atomic E-state index is 11.0. The number of carbonyl (C=O) groups excluding carboxylic acids is 1. The number of esters is 1. The first kappa shape index (κ1) is 13.9. The SMILES string of the molecule is C=CC(=O)OCCOC1(C)CC2CC(C1)C1CC=CC21. The highest BCUT2D eigenvalue weighted by Gasteiger charge is 2.51. The molecule has 5 atom stereocenters. The Morgan fingerprint density at radius 2 is 2.20 bits per heavy atom. The van der Waals surface area contributed by atoms with Gasteiger partial charge in [-0.15, -0.1) is 0 Å². The van der Waals surface area contributed by atoms with E-state index in [1.807, 2.05) is 0 Å². The molecule has 0 spiro atoms. The summed E-state index contributed by atoms with van der Waals surface area (Å²) in [6, 6.07) is 0. The normalized spacial score (nSPS) is 41.5. The van der Waals surface area contributed by atoms with Crippen LogP contribution < -0.4 is 0 Å². The molecule has 3 aliphatic carbocycles. The summed E-state index contributed by atoms with van der Waals surface area (Å²) in [5, 5.41) is 0. The maximum absolute atomic E-state index is 11.0. The summed E-state index contributed by atoms with van der Waals surface area (Å²) in [4.78, 5) is 11.0. The highest BCUT2D eigenvalue weighted by Crippen LogP contribution is 2.57. The molecular weight excluding hydrogens is 252 g/mol. The van der Waals surface area contributed by atoms with Crippen molar-refractivity contribution >= 4 is 5.97 Å². The molecule has 3 heteroatoms. The minimum Gasteiger partial charge on any atom is -0.460 e. The van der Waals surface area contributed by atoms with Crippen molar-refractivity contribution in [2.24, 2.45) is 23.7 Å². The zero-order chi connectivity index (χ0) is 14.2. The second-order valence-electron chi connectivity index (χ2n) is 6.74. The number of carbonyl (C=O) groups is 1. The van der Waals surface area contributed by atoms with Crippen LogP contribution in [0.4, 0.5) is 0 Å².